The molecule has 3 unspecified atom stereocenters. The first-order valence-corrected chi connectivity index (χ1v) is 7.18. The van der Waals surface area contributed by atoms with E-state index in [9.17, 15) is 0 Å². The molecule has 16 heavy (non-hydrogen) atoms. The lowest BCUT2D eigenvalue weighted by Crippen LogP contribution is -2.42. The molecule has 3 atom stereocenters. The predicted molar refractivity (Wildman–Crippen MR) is 69.6 cm³/mol. The summed E-state index contributed by atoms with van der Waals surface area (Å²) >= 11 is 0. The predicted octanol–water partition coefficient (Wildman–Crippen LogP) is 2.40. The molecule has 1 saturated heterocycles. The van der Waals surface area contributed by atoms with Crippen LogP contribution >= 0.6 is 0 Å². The zero-order chi connectivity index (χ0) is 11.4. The van der Waals surface area contributed by atoms with Crippen LogP contribution in [-0.4, -0.2) is 25.7 Å². The van der Waals surface area contributed by atoms with Crippen molar-refractivity contribution >= 4 is 0 Å². The van der Waals surface area contributed by atoms with Crippen molar-refractivity contribution in [2.75, 3.05) is 19.6 Å². The lowest BCUT2D eigenvalue weighted by molar-refractivity contribution is 0.226. The van der Waals surface area contributed by atoms with Gasteiger partial charge >= 0.3 is 0 Å². The second-order valence-corrected chi connectivity index (χ2v) is 6.24. The molecule has 2 heteroatoms. The van der Waals surface area contributed by atoms with Crippen molar-refractivity contribution in [2.45, 2.75) is 52.0 Å². The fraction of sp³-hybridized carbons (Fsp3) is 1.00. The molecule has 0 amide bonds. The molecule has 94 valence electrons. The summed E-state index contributed by atoms with van der Waals surface area (Å²) in [6.45, 7) is 8.51. The SMILES string of the molecule is CC1CC(C)CC(NCC2CCCNC2)C1. The van der Waals surface area contributed by atoms with E-state index in [4.69, 9.17) is 0 Å². The zero-order valence-electron chi connectivity index (χ0n) is 11.0. The third-order valence-electron chi connectivity index (χ3n) is 4.27. The van der Waals surface area contributed by atoms with Gasteiger partial charge in [-0.1, -0.05) is 13.8 Å². The normalized spacial score (nSPS) is 40.9. The Bertz CT molecular complexity index is 189. The van der Waals surface area contributed by atoms with E-state index in [1.165, 1.54) is 51.7 Å². The maximum atomic E-state index is 3.81. The highest BCUT2D eigenvalue weighted by Crippen LogP contribution is 2.28. The van der Waals surface area contributed by atoms with Crippen LogP contribution in [0.4, 0.5) is 0 Å². The van der Waals surface area contributed by atoms with Crippen LogP contribution in [0.5, 0.6) is 0 Å². The third kappa shape index (κ3) is 3.74. The minimum atomic E-state index is 0.792. The largest absolute Gasteiger partial charge is 0.316 e. The van der Waals surface area contributed by atoms with Crippen LogP contribution in [0, 0.1) is 17.8 Å². The fourth-order valence-corrected chi connectivity index (χ4v) is 3.55. The lowest BCUT2D eigenvalue weighted by Gasteiger charge is -2.33. The second-order valence-electron chi connectivity index (χ2n) is 6.24. The van der Waals surface area contributed by atoms with E-state index < -0.39 is 0 Å². The standard InChI is InChI=1S/C14H28N2/c1-11-6-12(2)8-14(7-11)16-10-13-4-3-5-15-9-13/h11-16H,3-10H2,1-2H3. The Morgan fingerprint density at radius 3 is 2.50 bits per heavy atom. The Kier molecular flexibility index (Phi) is 4.66. The molecule has 2 nitrogen and oxygen atoms in total. The molecule has 1 heterocycles. The van der Waals surface area contributed by atoms with Crippen molar-refractivity contribution < 1.29 is 0 Å². The number of rotatable bonds is 3. The van der Waals surface area contributed by atoms with Crippen LogP contribution in [0.3, 0.4) is 0 Å². The monoisotopic (exact) mass is 224 g/mol. The van der Waals surface area contributed by atoms with Gasteiger partial charge in [0.2, 0.25) is 0 Å². The highest BCUT2D eigenvalue weighted by Gasteiger charge is 2.24. The highest BCUT2D eigenvalue weighted by molar-refractivity contribution is 4.81. The molecule has 0 aromatic carbocycles. The van der Waals surface area contributed by atoms with E-state index in [2.05, 4.69) is 24.5 Å². The van der Waals surface area contributed by atoms with Crippen LogP contribution < -0.4 is 10.6 Å². The van der Waals surface area contributed by atoms with Crippen molar-refractivity contribution in [2.24, 2.45) is 17.8 Å². The Hall–Kier alpha value is -0.0800. The molecule has 0 radical (unpaired) electrons. The van der Waals surface area contributed by atoms with Gasteiger partial charge in [-0.15, -0.1) is 0 Å². The van der Waals surface area contributed by atoms with Crippen molar-refractivity contribution in [1.29, 1.82) is 0 Å². The number of nitrogens with one attached hydrogen (secondary N) is 2. The first kappa shape index (κ1) is 12.4. The summed E-state index contributed by atoms with van der Waals surface area (Å²) in [4.78, 5) is 0. The summed E-state index contributed by atoms with van der Waals surface area (Å²) in [7, 11) is 0. The quantitative estimate of drug-likeness (QED) is 0.769. The van der Waals surface area contributed by atoms with Crippen LogP contribution in [0.1, 0.15) is 46.0 Å². The number of hydrogen-bond donors (Lipinski definition) is 2. The van der Waals surface area contributed by atoms with Crippen molar-refractivity contribution in [3.05, 3.63) is 0 Å². The number of hydrogen-bond acceptors (Lipinski definition) is 2. The van der Waals surface area contributed by atoms with Crippen LogP contribution in [0.2, 0.25) is 0 Å². The van der Waals surface area contributed by atoms with Crippen molar-refractivity contribution in [3.8, 4) is 0 Å². The summed E-state index contributed by atoms with van der Waals surface area (Å²) in [5.74, 6) is 2.72. The Labute approximate surface area is 101 Å². The summed E-state index contributed by atoms with van der Waals surface area (Å²) in [6, 6.07) is 0.792. The molecule has 0 aromatic rings. The molecule has 2 fully saturated rings. The van der Waals surface area contributed by atoms with E-state index in [1.807, 2.05) is 0 Å². The Morgan fingerprint density at radius 1 is 1.12 bits per heavy atom. The molecule has 0 bridgehead atoms. The summed E-state index contributed by atoms with van der Waals surface area (Å²) in [5, 5.41) is 7.31. The van der Waals surface area contributed by atoms with Crippen LogP contribution in [0.15, 0.2) is 0 Å². The first-order chi connectivity index (χ1) is 7.74. The molecule has 2 aliphatic rings. The van der Waals surface area contributed by atoms with Gasteiger partial charge in [-0.25, -0.2) is 0 Å². The molecule has 2 N–H and O–H groups in total. The Morgan fingerprint density at radius 2 is 1.88 bits per heavy atom. The van der Waals surface area contributed by atoms with Gasteiger partial charge in [0, 0.05) is 6.04 Å². The summed E-state index contributed by atoms with van der Waals surface area (Å²) in [6.07, 6.45) is 7.00. The molecule has 1 aliphatic heterocycles. The average molecular weight is 224 g/mol. The topological polar surface area (TPSA) is 24.1 Å². The van der Waals surface area contributed by atoms with Gasteiger partial charge in [0.15, 0.2) is 0 Å². The van der Waals surface area contributed by atoms with Gasteiger partial charge in [0.1, 0.15) is 0 Å². The van der Waals surface area contributed by atoms with Gasteiger partial charge in [0.25, 0.3) is 0 Å². The van der Waals surface area contributed by atoms with Crippen molar-refractivity contribution in [3.63, 3.8) is 0 Å². The minimum Gasteiger partial charge on any atom is -0.316 e. The minimum absolute atomic E-state index is 0.792. The average Bonchev–Trinajstić information content (AvgIpc) is 2.27. The van der Waals surface area contributed by atoms with Gasteiger partial charge in [-0.3, -0.25) is 0 Å². The fourth-order valence-electron chi connectivity index (χ4n) is 3.55. The molecule has 0 spiro atoms. The lowest BCUT2D eigenvalue weighted by atomic mass is 9.80. The van der Waals surface area contributed by atoms with Crippen LogP contribution in [0.25, 0.3) is 0 Å². The second kappa shape index (κ2) is 6.02. The first-order valence-electron chi connectivity index (χ1n) is 7.18. The van der Waals surface area contributed by atoms with Crippen LogP contribution in [-0.2, 0) is 0 Å². The van der Waals surface area contributed by atoms with E-state index in [-0.39, 0.29) is 0 Å². The molecular formula is C14H28N2. The van der Waals surface area contributed by atoms with E-state index in [0.717, 1.165) is 23.8 Å². The van der Waals surface area contributed by atoms with Gasteiger partial charge in [-0.05, 0) is 69.5 Å². The summed E-state index contributed by atoms with van der Waals surface area (Å²) < 4.78 is 0. The molecule has 1 aliphatic carbocycles. The van der Waals surface area contributed by atoms with Gasteiger partial charge < -0.3 is 10.6 Å². The smallest absolute Gasteiger partial charge is 0.00722 e. The van der Waals surface area contributed by atoms with E-state index >= 15 is 0 Å². The molecular weight excluding hydrogens is 196 g/mol. The highest BCUT2D eigenvalue weighted by atomic mass is 14.9. The molecule has 0 aromatic heterocycles. The van der Waals surface area contributed by atoms with E-state index in [1.54, 1.807) is 0 Å². The van der Waals surface area contributed by atoms with Crippen molar-refractivity contribution in [1.82, 2.24) is 10.6 Å². The van der Waals surface area contributed by atoms with Gasteiger partial charge in [0.05, 0.1) is 0 Å². The molecule has 2 rings (SSSR count). The van der Waals surface area contributed by atoms with E-state index in [0.29, 0.717) is 0 Å². The zero-order valence-corrected chi connectivity index (χ0v) is 11.0. The maximum absolute atomic E-state index is 3.81. The maximum Gasteiger partial charge on any atom is 0.00722 e. The third-order valence-corrected chi connectivity index (χ3v) is 4.27. The molecule has 1 saturated carbocycles. The number of piperidine rings is 1. The summed E-state index contributed by atoms with van der Waals surface area (Å²) in [5.41, 5.74) is 0. The van der Waals surface area contributed by atoms with Gasteiger partial charge in [-0.2, -0.15) is 0 Å². The Balaban J connectivity index is 1.68.